The van der Waals surface area contributed by atoms with E-state index in [2.05, 4.69) is 51.4 Å². The van der Waals surface area contributed by atoms with Crippen molar-refractivity contribution in [2.75, 3.05) is 6.26 Å². The highest BCUT2D eigenvalue weighted by atomic mass is 32.2. The van der Waals surface area contributed by atoms with Crippen molar-refractivity contribution in [3.05, 3.63) is 41.6 Å². The molecule has 1 N–H and O–H groups in total. The van der Waals surface area contributed by atoms with E-state index in [-0.39, 0.29) is 5.54 Å². The van der Waals surface area contributed by atoms with Gasteiger partial charge in [-0.3, -0.25) is 0 Å². The van der Waals surface area contributed by atoms with Crippen LogP contribution in [0.3, 0.4) is 0 Å². The Bertz CT molecular complexity index is 567. The Morgan fingerprint density at radius 2 is 1.85 bits per heavy atom. The number of thioether (sulfide) groups is 1. The first kappa shape index (κ1) is 15.1. The molecule has 0 amide bonds. The van der Waals surface area contributed by atoms with Crippen LogP contribution in [0.15, 0.2) is 35.4 Å². The molecule has 0 fully saturated rings. The largest absolute Gasteiger partial charge is 0.308 e. The predicted molar refractivity (Wildman–Crippen MR) is 86.7 cm³/mol. The van der Waals surface area contributed by atoms with Gasteiger partial charge in [-0.2, -0.15) is 5.10 Å². The number of hydrogen-bond acceptors (Lipinski definition) is 3. The van der Waals surface area contributed by atoms with Crippen LogP contribution < -0.4 is 5.32 Å². The average molecular weight is 289 g/mol. The molecule has 1 aromatic carbocycles. The van der Waals surface area contributed by atoms with Gasteiger partial charge in [-0.05, 0) is 46.1 Å². The fourth-order valence-corrected chi connectivity index (χ4v) is 2.83. The molecule has 2 aromatic rings. The molecule has 0 bridgehead atoms. The first-order valence-electron chi connectivity index (χ1n) is 6.85. The van der Waals surface area contributed by atoms with Gasteiger partial charge in [0, 0.05) is 17.6 Å². The molecule has 0 atom stereocenters. The maximum absolute atomic E-state index is 4.71. The highest BCUT2D eigenvalue weighted by molar-refractivity contribution is 7.98. The molecule has 20 heavy (non-hydrogen) atoms. The van der Waals surface area contributed by atoms with Gasteiger partial charge in [-0.1, -0.05) is 18.2 Å². The van der Waals surface area contributed by atoms with E-state index in [1.807, 2.05) is 22.9 Å². The quantitative estimate of drug-likeness (QED) is 0.869. The van der Waals surface area contributed by atoms with E-state index in [0.717, 1.165) is 17.9 Å². The van der Waals surface area contributed by atoms with E-state index in [0.29, 0.717) is 0 Å². The third kappa shape index (κ3) is 3.44. The molecule has 4 heteroatoms. The first-order valence-corrected chi connectivity index (χ1v) is 8.08. The molecule has 0 radical (unpaired) electrons. The number of rotatable bonds is 4. The predicted octanol–water partition coefficient (Wildman–Crippen LogP) is 3.79. The van der Waals surface area contributed by atoms with Crippen LogP contribution in [0, 0.1) is 6.92 Å². The van der Waals surface area contributed by atoms with Crippen molar-refractivity contribution in [1.82, 2.24) is 15.1 Å². The van der Waals surface area contributed by atoms with Crippen molar-refractivity contribution in [3.8, 4) is 5.69 Å². The van der Waals surface area contributed by atoms with Crippen LogP contribution in [-0.2, 0) is 6.54 Å². The van der Waals surface area contributed by atoms with Crippen molar-refractivity contribution < 1.29 is 0 Å². The van der Waals surface area contributed by atoms with E-state index in [4.69, 9.17) is 5.10 Å². The Kier molecular flexibility index (Phi) is 4.55. The fourth-order valence-electron chi connectivity index (χ4n) is 2.05. The topological polar surface area (TPSA) is 29.9 Å². The van der Waals surface area contributed by atoms with Crippen molar-refractivity contribution in [1.29, 1.82) is 0 Å². The maximum atomic E-state index is 4.71. The third-order valence-electron chi connectivity index (χ3n) is 3.13. The second-order valence-corrected chi connectivity index (χ2v) is 6.72. The number of benzene rings is 1. The molecule has 0 aliphatic heterocycles. The van der Waals surface area contributed by atoms with Gasteiger partial charge in [0.25, 0.3) is 0 Å². The van der Waals surface area contributed by atoms with Gasteiger partial charge in [0.15, 0.2) is 0 Å². The maximum Gasteiger partial charge on any atom is 0.104 e. The number of nitrogens with zero attached hydrogens (tertiary/aromatic N) is 2. The lowest BCUT2D eigenvalue weighted by Crippen LogP contribution is -2.35. The molecule has 0 aliphatic carbocycles. The highest BCUT2D eigenvalue weighted by Gasteiger charge is 2.17. The molecule has 1 heterocycles. The summed E-state index contributed by atoms with van der Waals surface area (Å²) < 4.78 is 2.04. The summed E-state index contributed by atoms with van der Waals surface area (Å²) in [5.41, 5.74) is 3.60. The standard InChI is InChI=1S/C16H23N3S/c1-12-14(11-17-16(2,3)4)15(20-5)19(18-12)13-9-7-6-8-10-13/h6-10,17H,11H2,1-5H3. The van der Waals surface area contributed by atoms with E-state index in [1.165, 1.54) is 10.6 Å². The summed E-state index contributed by atoms with van der Waals surface area (Å²) in [6.45, 7) is 9.48. The summed E-state index contributed by atoms with van der Waals surface area (Å²) >= 11 is 1.75. The number of aromatic nitrogens is 2. The number of hydrogen-bond donors (Lipinski definition) is 1. The molecule has 0 saturated carbocycles. The van der Waals surface area contributed by atoms with Crippen molar-refractivity contribution >= 4 is 11.8 Å². The van der Waals surface area contributed by atoms with Crippen molar-refractivity contribution in [2.45, 2.75) is 44.8 Å². The summed E-state index contributed by atoms with van der Waals surface area (Å²) in [4.78, 5) is 0. The number of para-hydroxylation sites is 1. The molecule has 108 valence electrons. The van der Waals surface area contributed by atoms with E-state index in [1.54, 1.807) is 11.8 Å². The lowest BCUT2D eigenvalue weighted by Gasteiger charge is -2.20. The molecule has 0 spiro atoms. The Morgan fingerprint density at radius 1 is 1.20 bits per heavy atom. The van der Waals surface area contributed by atoms with Gasteiger partial charge >= 0.3 is 0 Å². The molecule has 1 aromatic heterocycles. The molecule has 3 nitrogen and oxygen atoms in total. The van der Waals surface area contributed by atoms with Crippen LogP contribution in [0.4, 0.5) is 0 Å². The van der Waals surface area contributed by atoms with Crippen LogP contribution >= 0.6 is 11.8 Å². The molecule has 2 rings (SSSR count). The molecular formula is C16H23N3S. The van der Waals surface area contributed by atoms with Crippen LogP contribution in [-0.4, -0.2) is 21.6 Å². The zero-order valence-corrected chi connectivity index (χ0v) is 13.7. The van der Waals surface area contributed by atoms with Gasteiger partial charge in [-0.15, -0.1) is 11.8 Å². The van der Waals surface area contributed by atoms with E-state index < -0.39 is 0 Å². The summed E-state index contributed by atoms with van der Waals surface area (Å²) in [7, 11) is 0. The smallest absolute Gasteiger partial charge is 0.104 e. The van der Waals surface area contributed by atoms with E-state index in [9.17, 15) is 0 Å². The van der Waals surface area contributed by atoms with Crippen LogP contribution in [0.1, 0.15) is 32.0 Å². The normalized spacial score (nSPS) is 11.8. The van der Waals surface area contributed by atoms with Gasteiger partial charge in [-0.25, -0.2) is 4.68 Å². The Hall–Kier alpha value is -1.26. The summed E-state index contributed by atoms with van der Waals surface area (Å²) in [6.07, 6.45) is 2.11. The van der Waals surface area contributed by atoms with Crippen LogP contribution in [0.2, 0.25) is 0 Å². The number of nitrogens with one attached hydrogen (secondary N) is 1. The van der Waals surface area contributed by atoms with Crippen LogP contribution in [0.25, 0.3) is 5.69 Å². The molecule has 0 aliphatic rings. The minimum absolute atomic E-state index is 0.108. The fraction of sp³-hybridized carbons (Fsp3) is 0.438. The molecule has 0 unspecified atom stereocenters. The van der Waals surface area contributed by atoms with Gasteiger partial charge in [0.1, 0.15) is 5.03 Å². The summed E-state index contributed by atoms with van der Waals surface area (Å²) in [5.74, 6) is 0. The van der Waals surface area contributed by atoms with Gasteiger partial charge in [0.2, 0.25) is 0 Å². The lowest BCUT2D eigenvalue weighted by atomic mass is 10.1. The highest BCUT2D eigenvalue weighted by Crippen LogP contribution is 2.26. The SMILES string of the molecule is CSc1c(CNC(C)(C)C)c(C)nn1-c1ccccc1. The van der Waals surface area contributed by atoms with E-state index >= 15 is 0 Å². The second-order valence-electron chi connectivity index (χ2n) is 5.92. The summed E-state index contributed by atoms with van der Waals surface area (Å²) in [6, 6.07) is 10.3. The average Bonchev–Trinajstić information content (AvgIpc) is 2.73. The Labute approximate surface area is 125 Å². The van der Waals surface area contributed by atoms with Gasteiger partial charge < -0.3 is 5.32 Å². The second kappa shape index (κ2) is 6.02. The zero-order valence-electron chi connectivity index (χ0n) is 12.9. The molecule has 0 saturated heterocycles. The third-order valence-corrected chi connectivity index (χ3v) is 3.93. The first-order chi connectivity index (χ1) is 9.42. The zero-order chi connectivity index (χ0) is 14.8. The summed E-state index contributed by atoms with van der Waals surface area (Å²) in [5, 5.41) is 9.47. The van der Waals surface area contributed by atoms with Crippen molar-refractivity contribution in [3.63, 3.8) is 0 Å². The minimum atomic E-state index is 0.108. The molecular weight excluding hydrogens is 266 g/mol. The Morgan fingerprint density at radius 3 is 2.40 bits per heavy atom. The monoisotopic (exact) mass is 289 g/mol. The van der Waals surface area contributed by atoms with Crippen molar-refractivity contribution in [2.24, 2.45) is 0 Å². The minimum Gasteiger partial charge on any atom is -0.308 e. The van der Waals surface area contributed by atoms with Crippen LogP contribution in [0.5, 0.6) is 0 Å². The Balaban J connectivity index is 2.37. The number of aryl methyl sites for hydroxylation is 1. The lowest BCUT2D eigenvalue weighted by molar-refractivity contribution is 0.422. The van der Waals surface area contributed by atoms with Gasteiger partial charge in [0.05, 0.1) is 11.4 Å².